The number of ether oxygens (including phenoxy) is 1. The average molecular weight is 325 g/mol. The Morgan fingerprint density at radius 2 is 1.65 bits per heavy atom. The summed E-state index contributed by atoms with van der Waals surface area (Å²) in [6.45, 7) is 3.10. The number of carbonyl (C=O) groups excluding carboxylic acids is 2. The summed E-state index contributed by atoms with van der Waals surface area (Å²) < 4.78 is 5.19. The van der Waals surface area contributed by atoms with Crippen molar-refractivity contribution >= 4 is 11.8 Å². The second-order valence-corrected chi connectivity index (χ2v) is 6.77. The molecule has 2 rings (SSSR count). The highest BCUT2D eigenvalue weighted by Crippen LogP contribution is 2.28. The molecule has 2 N–H and O–H groups in total. The summed E-state index contributed by atoms with van der Waals surface area (Å²) >= 11 is 0. The summed E-state index contributed by atoms with van der Waals surface area (Å²) in [5, 5.41) is 0. The van der Waals surface area contributed by atoms with Gasteiger partial charge in [0.25, 0.3) is 0 Å². The Morgan fingerprint density at radius 1 is 1.04 bits per heavy atom. The Balaban J connectivity index is 1.79. The standard InChI is InChI=1S/C17H31N3O3/c1-23-15(13-18)12-17(22)20-8-4-7-19(9-10-20)16(21)11-14-5-2-3-6-14/h14-15H,2-13,18H2,1H3. The minimum absolute atomic E-state index is 0.0763. The van der Waals surface area contributed by atoms with E-state index in [-0.39, 0.29) is 17.9 Å². The van der Waals surface area contributed by atoms with Crippen molar-refractivity contribution in [2.75, 3.05) is 39.8 Å². The van der Waals surface area contributed by atoms with E-state index in [9.17, 15) is 9.59 Å². The molecule has 0 aromatic heterocycles. The van der Waals surface area contributed by atoms with Crippen molar-refractivity contribution in [2.45, 2.75) is 51.0 Å². The molecule has 6 nitrogen and oxygen atoms in total. The van der Waals surface area contributed by atoms with E-state index in [0.717, 1.165) is 13.0 Å². The fourth-order valence-corrected chi connectivity index (χ4v) is 3.59. The molecule has 0 bridgehead atoms. The molecule has 0 spiro atoms. The van der Waals surface area contributed by atoms with Gasteiger partial charge in [0.1, 0.15) is 0 Å². The van der Waals surface area contributed by atoms with E-state index in [1.165, 1.54) is 25.7 Å². The Bertz CT molecular complexity index is 369. The fraction of sp³-hybridized carbons (Fsp3) is 0.882. The molecule has 1 heterocycles. The van der Waals surface area contributed by atoms with Crippen LogP contribution in [0.3, 0.4) is 0 Å². The lowest BCUT2D eigenvalue weighted by Crippen LogP contribution is -2.39. The van der Waals surface area contributed by atoms with Gasteiger partial charge >= 0.3 is 0 Å². The minimum Gasteiger partial charge on any atom is -0.380 e. The molecule has 2 aliphatic rings. The van der Waals surface area contributed by atoms with E-state index < -0.39 is 0 Å². The van der Waals surface area contributed by atoms with Crippen LogP contribution in [0.5, 0.6) is 0 Å². The summed E-state index contributed by atoms with van der Waals surface area (Å²) in [4.78, 5) is 28.6. The van der Waals surface area contributed by atoms with Gasteiger partial charge in [0.2, 0.25) is 11.8 Å². The minimum atomic E-state index is -0.217. The number of methoxy groups -OCH3 is 1. The van der Waals surface area contributed by atoms with Crippen LogP contribution < -0.4 is 5.73 Å². The zero-order valence-corrected chi connectivity index (χ0v) is 14.3. The molecule has 23 heavy (non-hydrogen) atoms. The number of rotatable bonds is 6. The van der Waals surface area contributed by atoms with Gasteiger partial charge in [0.15, 0.2) is 0 Å². The highest BCUT2D eigenvalue weighted by atomic mass is 16.5. The molecule has 1 atom stereocenters. The van der Waals surface area contributed by atoms with Gasteiger partial charge in [0, 0.05) is 46.3 Å². The molecule has 1 saturated heterocycles. The van der Waals surface area contributed by atoms with Gasteiger partial charge in [-0.25, -0.2) is 0 Å². The molecule has 0 aromatic rings. The largest absolute Gasteiger partial charge is 0.380 e. The van der Waals surface area contributed by atoms with Crippen LogP contribution in [0.1, 0.15) is 44.9 Å². The molecule has 0 aromatic carbocycles. The number of hydrogen-bond acceptors (Lipinski definition) is 4. The van der Waals surface area contributed by atoms with Crippen LogP contribution >= 0.6 is 0 Å². The summed E-state index contributed by atoms with van der Waals surface area (Å²) in [5.41, 5.74) is 5.58. The van der Waals surface area contributed by atoms with Gasteiger partial charge in [-0.05, 0) is 25.2 Å². The number of nitrogens with zero attached hydrogens (tertiary/aromatic N) is 2. The van der Waals surface area contributed by atoms with Crippen LogP contribution in [0, 0.1) is 5.92 Å². The van der Waals surface area contributed by atoms with Crippen molar-refractivity contribution in [1.82, 2.24) is 9.80 Å². The molecule has 132 valence electrons. The van der Waals surface area contributed by atoms with Crippen LogP contribution in [-0.4, -0.2) is 67.6 Å². The summed E-state index contributed by atoms with van der Waals surface area (Å²) in [6.07, 6.45) is 6.57. The molecule has 2 amide bonds. The number of amides is 2. The van der Waals surface area contributed by atoms with Crippen molar-refractivity contribution in [3.8, 4) is 0 Å². The Hall–Kier alpha value is -1.14. The zero-order chi connectivity index (χ0) is 16.7. The maximum absolute atomic E-state index is 12.4. The van der Waals surface area contributed by atoms with E-state index in [2.05, 4.69) is 0 Å². The second kappa shape index (κ2) is 9.23. The van der Waals surface area contributed by atoms with Crippen LogP contribution in [0.2, 0.25) is 0 Å². The molecule has 6 heteroatoms. The summed E-state index contributed by atoms with van der Waals surface area (Å²) in [7, 11) is 1.58. The smallest absolute Gasteiger partial charge is 0.225 e. The SMILES string of the molecule is COC(CN)CC(=O)N1CCCN(C(=O)CC2CCCC2)CC1. The first-order valence-corrected chi connectivity index (χ1v) is 8.92. The van der Waals surface area contributed by atoms with Crippen molar-refractivity contribution in [1.29, 1.82) is 0 Å². The van der Waals surface area contributed by atoms with Gasteiger partial charge in [-0.2, -0.15) is 0 Å². The van der Waals surface area contributed by atoms with Crippen molar-refractivity contribution in [3.63, 3.8) is 0 Å². The molecule has 1 saturated carbocycles. The van der Waals surface area contributed by atoms with Crippen LogP contribution in [0.25, 0.3) is 0 Å². The average Bonchev–Trinajstić information content (AvgIpc) is 2.93. The van der Waals surface area contributed by atoms with Crippen LogP contribution in [0.15, 0.2) is 0 Å². The topological polar surface area (TPSA) is 75.9 Å². The number of nitrogens with two attached hydrogens (primary N) is 1. The predicted octanol–water partition coefficient (Wildman–Crippen LogP) is 0.991. The Morgan fingerprint density at radius 3 is 2.22 bits per heavy atom. The van der Waals surface area contributed by atoms with Crippen molar-refractivity contribution in [3.05, 3.63) is 0 Å². The highest BCUT2D eigenvalue weighted by molar-refractivity contribution is 5.78. The van der Waals surface area contributed by atoms with Crippen molar-refractivity contribution in [2.24, 2.45) is 11.7 Å². The molecular formula is C17H31N3O3. The van der Waals surface area contributed by atoms with E-state index in [4.69, 9.17) is 10.5 Å². The third-order valence-corrected chi connectivity index (χ3v) is 5.14. The quantitative estimate of drug-likeness (QED) is 0.790. The first-order chi connectivity index (χ1) is 11.1. The summed E-state index contributed by atoms with van der Waals surface area (Å²) in [5.74, 6) is 0.922. The van der Waals surface area contributed by atoms with E-state index >= 15 is 0 Å². The molecule has 2 fully saturated rings. The van der Waals surface area contributed by atoms with Gasteiger partial charge in [0.05, 0.1) is 12.5 Å². The lowest BCUT2D eigenvalue weighted by molar-refractivity contribution is -0.135. The second-order valence-electron chi connectivity index (χ2n) is 6.77. The normalized spacial score (nSPS) is 21.3. The lowest BCUT2D eigenvalue weighted by atomic mass is 10.0. The lowest BCUT2D eigenvalue weighted by Gasteiger charge is -2.24. The van der Waals surface area contributed by atoms with Crippen molar-refractivity contribution < 1.29 is 14.3 Å². The zero-order valence-electron chi connectivity index (χ0n) is 14.3. The van der Waals surface area contributed by atoms with Gasteiger partial charge in [-0.1, -0.05) is 12.8 Å². The molecule has 1 aliphatic carbocycles. The third-order valence-electron chi connectivity index (χ3n) is 5.14. The first kappa shape index (κ1) is 18.2. The Labute approximate surface area is 139 Å². The number of carbonyl (C=O) groups is 2. The first-order valence-electron chi connectivity index (χ1n) is 8.92. The maximum atomic E-state index is 12.4. The third kappa shape index (κ3) is 5.46. The monoisotopic (exact) mass is 325 g/mol. The van der Waals surface area contributed by atoms with E-state index in [1.807, 2.05) is 9.80 Å². The Kier molecular flexibility index (Phi) is 7.30. The van der Waals surface area contributed by atoms with Gasteiger partial charge < -0.3 is 20.3 Å². The van der Waals surface area contributed by atoms with Crippen LogP contribution in [0.4, 0.5) is 0 Å². The van der Waals surface area contributed by atoms with Gasteiger partial charge in [-0.15, -0.1) is 0 Å². The fourth-order valence-electron chi connectivity index (χ4n) is 3.59. The predicted molar refractivity (Wildman–Crippen MR) is 88.8 cm³/mol. The van der Waals surface area contributed by atoms with Gasteiger partial charge in [-0.3, -0.25) is 9.59 Å². The molecular weight excluding hydrogens is 294 g/mol. The number of hydrogen-bond donors (Lipinski definition) is 1. The van der Waals surface area contributed by atoms with E-state index in [0.29, 0.717) is 44.9 Å². The highest BCUT2D eigenvalue weighted by Gasteiger charge is 2.26. The maximum Gasteiger partial charge on any atom is 0.225 e. The van der Waals surface area contributed by atoms with Crippen LogP contribution in [-0.2, 0) is 14.3 Å². The molecule has 0 radical (unpaired) electrons. The molecule has 1 unspecified atom stereocenters. The molecule has 1 aliphatic heterocycles. The summed E-state index contributed by atoms with van der Waals surface area (Å²) in [6, 6.07) is 0. The van der Waals surface area contributed by atoms with E-state index in [1.54, 1.807) is 7.11 Å².